The average molecular weight is 354 g/mol. The summed E-state index contributed by atoms with van der Waals surface area (Å²) < 4.78 is 5.62. The van der Waals surface area contributed by atoms with Gasteiger partial charge in [0.25, 0.3) is 0 Å². The summed E-state index contributed by atoms with van der Waals surface area (Å²) in [6.07, 6.45) is 1.73. The van der Waals surface area contributed by atoms with E-state index in [0.29, 0.717) is 6.61 Å². The Hall–Kier alpha value is 0.01000. The van der Waals surface area contributed by atoms with Crippen molar-refractivity contribution in [2.45, 2.75) is 10.7 Å². The summed E-state index contributed by atoms with van der Waals surface area (Å²) in [7, 11) is 0. The molecule has 1 aromatic carbocycles. The summed E-state index contributed by atoms with van der Waals surface area (Å²) in [6, 6.07) is 3.81. The van der Waals surface area contributed by atoms with Crippen LogP contribution in [-0.4, -0.2) is 6.61 Å². The van der Waals surface area contributed by atoms with Gasteiger partial charge in [0.2, 0.25) is 0 Å². The maximum atomic E-state index is 6.00. The molecule has 0 spiro atoms. The van der Waals surface area contributed by atoms with Gasteiger partial charge in [-0.15, -0.1) is 0 Å². The minimum absolute atomic E-state index is 0.502. The molecule has 0 aliphatic carbocycles. The van der Waals surface area contributed by atoms with Gasteiger partial charge in [-0.25, -0.2) is 0 Å². The smallest absolute Gasteiger partial charge is 0.127 e. The molecule has 0 saturated carbocycles. The molecule has 1 aromatic rings. The lowest BCUT2D eigenvalue weighted by atomic mass is 10.1. The molecule has 0 bridgehead atoms. The normalized spacial score (nSPS) is 10.1. The number of hydrogen-bond donors (Lipinski definition) is 0. The van der Waals surface area contributed by atoms with Gasteiger partial charge in [0.15, 0.2) is 0 Å². The molecule has 0 amide bonds. The van der Waals surface area contributed by atoms with Gasteiger partial charge < -0.3 is 4.74 Å². The molecule has 1 nitrogen and oxygen atoms in total. The first-order valence-electron chi connectivity index (χ1n) is 4.39. The Balaban J connectivity index is 3.11. The lowest BCUT2D eigenvalue weighted by Gasteiger charge is -2.13. The van der Waals surface area contributed by atoms with E-state index in [0.717, 1.165) is 32.6 Å². The van der Waals surface area contributed by atoms with Crippen LogP contribution in [0.3, 0.4) is 0 Å². The molecule has 0 heterocycles. The number of rotatable bonds is 5. The molecular formula is C11H11Br2ClO. The van der Waals surface area contributed by atoms with Crippen molar-refractivity contribution in [2.75, 3.05) is 6.61 Å². The van der Waals surface area contributed by atoms with Crippen LogP contribution in [0, 0.1) is 0 Å². The first-order chi connectivity index (χ1) is 7.22. The minimum Gasteiger partial charge on any atom is -0.489 e. The van der Waals surface area contributed by atoms with Crippen LogP contribution in [0.5, 0.6) is 5.75 Å². The Morgan fingerprint density at radius 1 is 1.27 bits per heavy atom. The number of hydrogen-bond acceptors (Lipinski definition) is 1. The van der Waals surface area contributed by atoms with E-state index in [4.69, 9.17) is 16.3 Å². The standard InChI is InChI=1S/C11H11Br2ClO/c1-2-3-15-11-8(6-12)4-10(14)5-9(11)7-13/h2,4-5H,1,3,6-7H2. The van der Waals surface area contributed by atoms with Crippen LogP contribution in [0.1, 0.15) is 11.1 Å². The second kappa shape index (κ2) is 6.56. The third-order valence-corrected chi connectivity index (χ3v) is 3.27. The number of alkyl halides is 2. The predicted octanol–water partition coefficient (Wildman–Crippen LogP) is 4.69. The van der Waals surface area contributed by atoms with Crippen molar-refractivity contribution in [2.24, 2.45) is 0 Å². The Morgan fingerprint density at radius 3 is 2.20 bits per heavy atom. The number of halogens is 3. The van der Waals surface area contributed by atoms with Crippen LogP contribution in [0.2, 0.25) is 5.02 Å². The van der Waals surface area contributed by atoms with Crippen molar-refractivity contribution in [3.8, 4) is 5.75 Å². The van der Waals surface area contributed by atoms with Crippen LogP contribution >= 0.6 is 43.5 Å². The summed E-state index contributed by atoms with van der Waals surface area (Å²) in [5, 5.41) is 2.17. The zero-order chi connectivity index (χ0) is 11.3. The minimum atomic E-state index is 0.502. The van der Waals surface area contributed by atoms with Crippen molar-refractivity contribution >= 4 is 43.5 Å². The fourth-order valence-corrected chi connectivity index (χ4v) is 2.33. The van der Waals surface area contributed by atoms with Crippen LogP contribution in [0.25, 0.3) is 0 Å². The van der Waals surface area contributed by atoms with Crippen molar-refractivity contribution in [1.29, 1.82) is 0 Å². The first-order valence-corrected chi connectivity index (χ1v) is 7.02. The highest BCUT2D eigenvalue weighted by Gasteiger charge is 2.09. The zero-order valence-corrected chi connectivity index (χ0v) is 12.0. The van der Waals surface area contributed by atoms with Crippen LogP contribution < -0.4 is 4.74 Å². The molecule has 4 heteroatoms. The third kappa shape index (κ3) is 3.51. The van der Waals surface area contributed by atoms with E-state index in [-0.39, 0.29) is 0 Å². The third-order valence-electron chi connectivity index (χ3n) is 1.84. The van der Waals surface area contributed by atoms with Gasteiger partial charge >= 0.3 is 0 Å². The highest BCUT2D eigenvalue weighted by Crippen LogP contribution is 2.31. The highest BCUT2D eigenvalue weighted by molar-refractivity contribution is 9.08. The maximum Gasteiger partial charge on any atom is 0.127 e. The van der Waals surface area contributed by atoms with E-state index in [1.54, 1.807) is 6.08 Å². The van der Waals surface area contributed by atoms with Gasteiger partial charge in [0.1, 0.15) is 12.4 Å². The summed E-state index contributed by atoms with van der Waals surface area (Å²) >= 11 is 12.8. The molecular weight excluding hydrogens is 343 g/mol. The van der Waals surface area contributed by atoms with Crippen molar-refractivity contribution < 1.29 is 4.74 Å². The molecule has 82 valence electrons. The van der Waals surface area contributed by atoms with Crippen molar-refractivity contribution in [1.82, 2.24) is 0 Å². The fourth-order valence-electron chi connectivity index (χ4n) is 1.24. The Labute approximate surface area is 112 Å². The summed E-state index contributed by atoms with van der Waals surface area (Å²) in [5.41, 5.74) is 2.11. The van der Waals surface area contributed by atoms with Gasteiger partial charge in [-0.3, -0.25) is 0 Å². The van der Waals surface area contributed by atoms with Crippen LogP contribution in [-0.2, 0) is 10.7 Å². The topological polar surface area (TPSA) is 9.23 Å². The summed E-state index contributed by atoms with van der Waals surface area (Å²) in [6.45, 7) is 4.13. The highest BCUT2D eigenvalue weighted by atomic mass is 79.9. The Bertz CT molecular complexity index is 327. The molecule has 15 heavy (non-hydrogen) atoms. The first kappa shape index (κ1) is 13.1. The van der Waals surface area contributed by atoms with Crippen LogP contribution in [0.4, 0.5) is 0 Å². The lowest BCUT2D eigenvalue weighted by Crippen LogP contribution is -2.00. The summed E-state index contributed by atoms with van der Waals surface area (Å²) in [5.74, 6) is 0.882. The van der Waals surface area contributed by atoms with E-state index in [9.17, 15) is 0 Å². The summed E-state index contributed by atoms with van der Waals surface area (Å²) in [4.78, 5) is 0. The molecule has 0 atom stereocenters. The predicted molar refractivity (Wildman–Crippen MR) is 72.4 cm³/mol. The molecule has 1 rings (SSSR count). The van der Waals surface area contributed by atoms with E-state index < -0.39 is 0 Å². The Kier molecular flexibility index (Phi) is 5.72. The van der Waals surface area contributed by atoms with Crippen molar-refractivity contribution in [3.63, 3.8) is 0 Å². The van der Waals surface area contributed by atoms with E-state index in [1.165, 1.54) is 0 Å². The van der Waals surface area contributed by atoms with Crippen molar-refractivity contribution in [3.05, 3.63) is 40.9 Å². The monoisotopic (exact) mass is 352 g/mol. The largest absolute Gasteiger partial charge is 0.489 e. The maximum absolute atomic E-state index is 6.00. The quantitative estimate of drug-likeness (QED) is 0.550. The van der Waals surface area contributed by atoms with Gasteiger partial charge in [-0.1, -0.05) is 56.1 Å². The SMILES string of the molecule is C=CCOc1c(CBr)cc(Cl)cc1CBr. The van der Waals surface area contributed by atoms with Gasteiger partial charge in [0, 0.05) is 26.8 Å². The molecule has 0 aliphatic rings. The molecule has 0 radical (unpaired) electrons. The molecule has 0 aromatic heterocycles. The number of benzene rings is 1. The van der Waals surface area contributed by atoms with E-state index in [1.807, 2.05) is 12.1 Å². The van der Waals surface area contributed by atoms with Gasteiger partial charge in [-0.05, 0) is 12.1 Å². The molecule has 0 unspecified atom stereocenters. The average Bonchev–Trinajstić information content (AvgIpc) is 2.26. The van der Waals surface area contributed by atoms with E-state index >= 15 is 0 Å². The molecule has 0 saturated heterocycles. The Morgan fingerprint density at radius 2 is 1.80 bits per heavy atom. The number of ether oxygens (including phenoxy) is 1. The molecule has 0 aliphatic heterocycles. The van der Waals surface area contributed by atoms with E-state index in [2.05, 4.69) is 38.4 Å². The van der Waals surface area contributed by atoms with Gasteiger partial charge in [-0.2, -0.15) is 0 Å². The lowest BCUT2D eigenvalue weighted by molar-refractivity contribution is 0.357. The fraction of sp³-hybridized carbons (Fsp3) is 0.273. The second-order valence-electron chi connectivity index (χ2n) is 2.92. The molecule has 0 fully saturated rings. The second-order valence-corrected chi connectivity index (χ2v) is 4.48. The molecule has 0 N–H and O–H groups in total. The van der Waals surface area contributed by atoms with Crippen LogP contribution in [0.15, 0.2) is 24.8 Å². The van der Waals surface area contributed by atoms with Gasteiger partial charge in [0.05, 0.1) is 0 Å². The zero-order valence-electron chi connectivity index (χ0n) is 8.10.